The zero-order valence-corrected chi connectivity index (χ0v) is 9.26. The van der Waals surface area contributed by atoms with Crippen molar-refractivity contribution in [2.75, 3.05) is 0 Å². The lowest BCUT2D eigenvalue weighted by atomic mass is 10.1. The number of phosphoric ester groups is 1. The summed E-state index contributed by atoms with van der Waals surface area (Å²) >= 11 is 0. The van der Waals surface area contributed by atoms with Crippen LogP contribution in [0.5, 0.6) is 5.75 Å². The molecule has 8 heteroatoms. The standard InChI is InChI=1S/C8H10NO6P/c1-2-6-5-7(9(10)11)3-4-8(6)15-16(12,13)14/h3-5H,2H2,1H3,(H2,12,13,14). The molecule has 0 fully saturated rings. The third-order valence-corrected chi connectivity index (χ3v) is 2.29. The van der Waals surface area contributed by atoms with Gasteiger partial charge in [0.05, 0.1) is 4.92 Å². The van der Waals surface area contributed by atoms with Crippen molar-refractivity contribution < 1.29 is 23.8 Å². The van der Waals surface area contributed by atoms with Gasteiger partial charge in [-0.1, -0.05) is 6.92 Å². The molecule has 16 heavy (non-hydrogen) atoms. The maximum Gasteiger partial charge on any atom is 0.524 e. The summed E-state index contributed by atoms with van der Waals surface area (Å²) in [4.78, 5) is 27.1. The van der Waals surface area contributed by atoms with E-state index in [0.29, 0.717) is 12.0 Å². The van der Waals surface area contributed by atoms with E-state index in [2.05, 4.69) is 4.52 Å². The van der Waals surface area contributed by atoms with Crippen LogP contribution in [0.2, 0.25) is 0 Å². The normalized spacial score (nSPS) is 11.2. The molecule has 0 aliphatic heterocycles. The lowest BCUT2D eigenvalue weighted by molar-refractivity contribution is -0.384. The highest BCUT2D eigenvalue weighted by atomic mass is 31.2. The van der Waals surface area contributed by atoms with Crippen LogP contribution in [-0.2, 0) is 11.0 Å². The third-order valence-electron chi connectivity index (χ3n) is 1.85. The van der Waals surface area contributed by atoms with Crippen LogP contribution in [0, 0.1) is 10.1 Å². The molecule has 0 spiro atoms. The second-order valence-corrected chi connectivity index (χ2v) is 4.15. The molecular formula is C8H10NO6P. The Balaban J connectivity index is 3.12. The lowest BCUT2D eigenvalue weighted by Crippen LogP contribution is -1.96. The molecule has 1 rings (SSSR count). The van der Waals surface area contributed by atoms with Gasteiger partial charge >= 0.3 is 7.82 Å². The van der Waals surface area contributed by atoms with Crippen LogP contribution in [0.4, 0.5) is 5.69 Å². The maximum atomic E-state index is 10.6. The Bertz CT molecular complexity index is 454. The van der Waals surface area contributed by atoms with Crippen molar-refractivity contribution in [3.05, 3.63) is 33.9 Å². The molecule has 2 N–H and O–H groups in total. The Morgan fingerprint density at radius 1 is 1.50 bits per heavy atom. The minimum atomic E-state index is -4.64. The first kappa shape index (κ1) is 12.6. The van der Waals surface area contributed by atoms with E-state index < -0.39 is 12.7 Å². The molecule has 7 nitrogen and oxygen atoms in total. The minimum Gasteiger partial charge on any atom is -0.404 e. The number of nitro benzene ring substituents is 1. The van der Waals surface area contributed by atoms with Gasteiger partial charge in [0.25, 0.3) is 5.69 Å². The van der Waals surface area contributed by atoms with Crippen LogP contribution in [0.15, 0.2) is 18.2 Å². The van der Waals surface area contributed by atoms with E-state index in [4.69, 9.17) is 9.79 Å². The molecule has 0 radical (unpaired) electrons. The Hall–Kier alpha value is -1.43. The van der Waals surface area contributed by atoms with Gasteiger partial charge in [-0.3, -0.25) is 19.9 Å². The van der Waals surface area contributed by atoms with Gasteiger partial charge in [-0.05, 0) is 12.5 Å². The van der Waals surface area contributed by atoms with Gasteiger partial charge in [0.1, 0.15) is 5.75 Å². The highest BCUT2D eigenvalue weighted by molar-refractivity contribution is 7.46. The van der Waals surface area contributed by atoms with E-state index in [9.17, 15) is 14.7 Å². The first-order valence-corrected chi connectivity index (χ1v) is 5.89. The van der Waals surface area contributed by atoms with E-state index in [1.807, 2.05) is 0 Å². The fraction of sp³-hybridized carbons (Fsp3) is 0.250. The summed E-state index contributed by atoms with van der Waals surface area (Å²) in [6, 6.07) is 3.53. The average molecular weight is 247 g/mol. The van der Waals surface area contributed by atoms with Crippen molar-refractivity contribution >= 4 is 13.5 Å². The largest absolute Gasteiger partial charge is 0.524 e. The number of hydrogen-bond donors (Lipinski definition) is 2. The molecule has 0 aliphatic rings. The van der Waals surface area contributed by atoms with Crippen LogP contribution in [0.1, 0.15) is 12.5 Å². The van der Waals surface area contributed by atoms with Crippen LogP contribution in [0.25, 0.3) is 0 Å². The second kappa shape index (κ2) is 4.61. The molecule has 0 heterocycles. The van der Waals surface area contributed by atoms with E-state index in [1.165, 1.54) is 12.1 Å². The summed E-state index contributed by atoms with van der Waals surface area (Å²) in [7, 11) is -4.64. The van der Waals surface area contributed by atoms with Gasteiger partial charge in [-0.2, -0.15) is 0 Å². The summed E-state index contributed by atoms with van der Waals surface area (Å²) in [6.07, 6.45) is 0.372. The van der Waals surface area contributed by atoms with Gasteiger partial charge in [0.2, 0.25) is 0 Å². The molecule has 0 aromatic heterocycles. The first-order valence-electron chi connectivity index (χ1n) is 4.36. The Morgan fingerprint density at radius 2 is 2.12 bits per heavy atom. The van der Waals surface area contributed by atoms with Crippen molar-refractivity contribution in [3.8, 4) is 5.75 Å². The highest BCUT2D eigenvalue weighted by Crippen LogP contribution is 2.40. The first-order chi connectivity index (χ1) is 7.33. The number of rotatable bonds is 4. The lowest BCUT2D eigenvalue weighted by Gasteiger charge is -2.10. The predicted molar refractivity (Wildman–Crippen MR) is 55.1 cm³/mol. The number of hydrogen-bond acceptors (Lipinski definition) is 4. The number of aryl methyl sites for hydroxylation is 1. The van der Waals surface area contributed by atoms with Gasteiger partial charge in [-0.25, -0.2) is 4.57 Å². The molecule has 0 bridgehead atoms. The Kier molecular flexibility index (Phi) is 3.64. The molecule has 0 aliphatic carbocycles. The van der Waals surface area contributed by atoms with Crippen LogP contribution in [0.3, 0.4) is 0 Å². The third kappa shape index (κ3) is 3.30. The fourth-order valence-corrected chi connectivity index (χ4v) is 1.61. The predicted octanol–water partition coefficient (Wildman–Crippen LogP) is 1.63. The topological polar surface area (TPSA) is 110 Å². The summed E-state index contributed by atoms with van der Waals surface area (Å²) < 4.78 is 15.0. The van der Waals surface area contributed by atoms with Crippen molar-refractivity contribution in [2.45, 2.75) is 13.3 Å². The number of nitro groups is 1. The Labute approximate surface area is 91.1 Å². The van der Waals surface area contributed by atoms with Gasteiger partial charge in [-0.15, -0.1) is 0 Å². The smallest absolute Gasteiger partial charge is 0.404 e. The monoisotopic (exact) mass is 247 g/mol. The Morgan fingerprint density at radius 3 is 2.56 bits per heavy atom. The molecule has 0 unspecified atom stereocenters. The zero-order chi connectivity index (χ0) is 12.3. The summed E-state index contributed by atoms with van der Waals surface area (Å²) in [5.41, 5.74) is 0.229. The van der Waals surface area contributed by atoms with Crippen molar-refractivity contribution in [1.29, 1.82) is 0 Å². The van der Waals surface area contributed by atoms with E-state index in [-0.39, 0.29) is 11.4 Å². The van der Waals surface area contributed by atoms with Gasteiger partial charge in [0, 0.05) is 17.7 Å². The molecule has 1 aromatic rings. The number of nitrogens with zero attached hydrogens (tertiary/aromatic N) is 1. The summed E-state index contributed by atoms with van der Waals surface area (Å²) in [5.74, 6) is -0.0403. The molecule has 0 saturated heterocycles. The summed E-state index contributed by atoms with van der Waals surface area (Å²) in [6.45, 7) is 1.70. The van der Waals surface area contributed by atoms with Crippen molar-refractivity contribution in [1.82, 2.24) is 0 Å². The number of non-ortho nitro benzene ring substituents is 1. The van der Waals surface area contributed by atoms with Crippen molar-refractivity contribution in [2.24, 2.45) is 0 Å². The quantitative estimate of drug-likeness (QED) is 0.475. The fourth-order valence-electron chi connectivity index (χ4n) is 1.17. The van der Waals surface area contributed by atoms with Gasteiger partial charge < -0.3 is 4.52 Å². The van der Waals surface area contributed by atoms with E-state index in [1.54, 1.807) is 6.92 Å². The second-order valence-electron chi connectivity index (χ2n) is 2.98. The number of phosphoric acid groups is 1. The minimum absolute atomic E-state index is 0.0403. The van der Waals surface area contributed by atoms with Crippen LogP contribution >= 0.6 is 7.82 Å². The highest BCUT2D eigenvalue weighted by Gasteiger charge is 2.19. The molecular weight excluding hydrogens is 237 g/mol. The maximum absolute atomic E-state index is 10.6. The molecule has 1 aromatic carbocycles. The average Bonchev–Trinajstić information content (AvgIpc) is 2.15. The summed E-state index contributed by atoms with van der Waals surface area (Å²) in [5, 5.41) is 10.5. The van der Waals surface area contributed by atoms with Crippen LogP contribution < -0.4 is 4.52 Å². The van der Waals surface area contributed by atoms with Crippen LogP contribution in [-0.4, -0.2) is 14.7 Å². The van der Waals surface area contributed by atoms with Gasteiger partial charge in [0.15, 0.2) is 0 Å². The van der Waals surface area contributed by atoms with E-state index >= 15 is 0 Å². The van der Waals surface area contributed by atoms with Crippen molar-refractivity contribution in [3.63, 3.8) is 0 Å². The molecule has 0 amide bonds. The zero-order valence-electron chi connectivity index (χ0n) is 8.36. The van der Waals surface area contributed by atoms with E-state index in [0.717, 1.165) is 6.07 Å². The molecule has 0 saturated carbocycles. The number of benzene rings is 1. The molecule has 0 atom stereocenters. The molecule has 88 valence electrons. The SMILES string of the molecule is CCc1cc([N+](=O)[O-])ccc1OP(=O)(O)O.